The molecule has 2 radical (unpaired) electrons. The van der Waals surface area contributed by atoms with Gasteiger partial charge in [0.05, 0.1) is 0 Å². The minimum atomic E-state index is -0.694. The van der Waals surface area contributed by atoms with Gasteiger partial charge in [-0.1, -0.05) is 11.1 Å². The molecule has 18 valence electrons. The van der Waals surface area contributed by atoms with Gasteiger partial charge >= 0.3 is 8.72 Å². The first-order valence-corrected chi connectivity index (χ1v) is 2.31. The van der Waals surface area contributed by atoms with E-state index in [2.05, 4.69) is 11.1 Å². The Morgan fingerprint density at radius 2 is 1.75 bits per heavy atom. The number of rotatable bonds is 0. The van der Waals surface area contributed by atoms with Crippen LogP contribution in [0.2, 0.25) is 0 Å². The van der Waals surface area contributed by atoms with E-state index in [1.165, 1.54) is 0 Å². The molecule has 0 unspecified atom stereocenters. The van der Waals surface area contributed by atoms with E-state index in [1.807, 2.05) is 0 Å². The van der Waals surface area contributed by atoms with Crippen LogP contribution in [-0.4, -0.2) is 38.3 Å². The molecule has 4 heteroatoms. The molecule has 0 N–H and O–H groups in total. The topological polar surface area (TPSA) is 17.1 Å². The van der Waals surface area contributed by atoms with Crippen LogP contribution in [-0.2, 0) is 4.46 Å². The summed E-state index contributed by atoms with van der Waals surface area (Å²) in [6, 6.07) is 0. The Kier molecular flexibility index (Phi) is 19.9. The molecule has 0 aliphatic heterocycles. The van der Waals surface area contributed by atoms with Crippen molar-refractivity contribution in [1.29, 1.82) is 0 Å². The predicted octanol–water partition coefficient (Wildman–Crippen LogP) is -0.191. The van der Waals surface area contributed by atoms with Crippen LogP contribution in [0.1, 0.15) is 0 Å². The van der Waals surface area contributed by atoms with Crippen molar-refractivity contribution in [3.8, 4) is 0 Å². The summed E-state index contributed by atoms with van der Waals surface area (Å²) in [5, 5.41) is 0. The third-order valence-electron chi connectivity index (χ3n) is 0. The van der Waals surface area contributed by atoms with Crippen molar-refractivity contribution in [2.45, 2.75) is 0 Å². The van der Waals surface area contributed by atoms with Crippen LogP contribution < -0.4 is 0 Å². The monoisotopic (exact) mass is 102 g/mol. The maximum Gasteiger partial charge on any atom is 0.448 e. The predicted molar refractivity (Wildman–Crippen MR) is 18.0 cm³/mol. The van der Waals surface area contributed by atoms with E-state index in [0.717, 1.165) is 0 Å². The van der Waals surface area contributed by atoms with E-state index in [9.17, 15) is 0 Å². The maximum atomic E-state index is 8.72. The molecule has 1 nitrogen and oxygen atoms in total. The van der Waals surface area contributed by atoms with Gasteiger partial charge in [-0.3, -0.25) is 0 Å². The summed E-state index contributed by atoms with van der Waals surface area (Å²) in [6.45, 7) is 0. The SMILES string of the molecule is O=[Si]Cl.[Na]. The van der Waals surface area contributed by atoms with Crippen LogP contribution in [0.15, 0.2) is 0 Å². The number of hydrogen-bond donors (Lipinski definition) is 0. The van der Waals surface area contributed by atoms with E-state index < -0.39 is 8.72 Å². The third-order valence-corrected chi connectivity index (χ3v) is 0. The van der Waals surface area contributed by atoms with E-state index >= 15 is 0 Å². The molecule has 0 bridgehead atoms. The van der Waals surface area contributed by atoms with Crippen molar-refractivity contribution in [3.63, 3.8) is 0 Å². The molecular weight excluding hydrogens is 103 g/mol. The molecule has 0 aromatic rings. The van der Waals surface area contributed by atoms with Crippen LogP contribution in [0.3, 0.4) is 0 Å². The fourth-order valence-corrected chi connectivity index (χ4v) is 0. The quantitative estimate of drug-likeness (QED) is 0.306. The molecule has 4 heavy (non-hydrogen) atoms. The van der Waals surface area contributed by atoms with Gasteiger partial charge in [0.25, 0.3) is 0 Å². The van der Waals surface area contributed by atoms with Gasteiger partial charge in [-0.2, -0.15) is 0 Å². The Hall–Kier alpha value is 1.31. The first-order valence-electron chi connectivity index (χ1n) is 0.393. The van der Waals surface area contributed by atoms with Gasteiger partial charge in [0.1, 0.15) is 0 Å². The average molecular weight is 103 g/mol. The van der Waals surface area contributed by atoms with Crippen molar-refractivity contribution in [1.82, 2.24) is 0 Å². The Morgan fingerprint density at radius 1 is 1.75 bits per heavy atom. The van der Waals surface area contributed by atoms with Crippen LogP contribution in [0.25, 0.3) is 0 Å². The Morgan fingerprint density at radius 3 is 1.75 bits per heavy atom. The number of halogens is 1. The molecule has 0 aromatic carbocycles. The van der Waals surface area contributed by atoms with E-state index in [4.69, 9.17) is 4.46 Å². The van der Waals surface area contributed by atoms with Crippen LogP contribution >= 0.6 is 11.1 Å². The third kappa shape index (κ3) is 10.3. The van der Waals surface area contributed by atoms with Gasteiger partial charge in [0.2, 0.25) is 0 Å². The van der Waals surface area contributed by atoms with E-state index in [0.29, 0.717) is 0 Å². The van der Waals surface area contributed by atoms with Gasteiger partial charge in [-0.15, -0.1) is 0 Å². The first-order chi connectivity index (χ1) is 1.41. The molecule has 0 rings (SSSR count). The smallest absolute Gasteiger partial charge is 0.363 e. The minimum Gasteiger partial charge on any atom is -0.363 e. The Labute approximate surface area is 53.6 Å². The molecule has 0 aliphatic carbocycles. The zero-order valence-corrected chi connectivity index (χ0v) is 6.04. The second-order valence-corrected chi connectivity index (χ2v) is 0.694. The molecule has 0 saturated heterocycles. The van der Waals surface area contributed by atoms with Gasteiger partial charge in [-0.25, -0.2) is 0 Å². The minimum absolute atomic E-state index is 0. The standard InChI is InChI=1S/ClOSi.Na/c1-3-2;. The van der Waals surface area contributed by atoms with Crippen LogP contribution in [0.4, 0.5) is 0 Å². The molecule has 0 amide bonds. The van der Waals surface area contributed by atoms with Crippen molar-refractivity contribution in [2.24, 2.45) is 0 Å². The largest absolute Gasteiger partial charge is 0.448 e. The zero-order valence-electron chi connectivity index (χ0n) is 2.29. The molecular formula is ClNaOSi. The molecule has 0 heterocycles. The molecule has 0 atom stereocenters. The molecule has 0 aliphatic rings. The number of hydrogen-bond acceptors (Lipinski definition) is 1. The van der Waals surface area contributed by atoms with Crippen molar-refractivity contribution >= 4 is 49.4 Å². The molecule has 0 aromatic heterocycles. The van der Waals surface area contributed by atoms with Crippen LogP contribution in [0, 0.1) is 0 Å². The van der Waals surface area contributed by atoms with Crippen molar-refractivity contribution < 1.29 is 4.46 Å². The summed E-state index contributed by atoms with van der Waals surface area (Å²) in [7, 11) is -0.694. The second kappa shape index (κ2) is 8.85. The summed E-state index contributed by atoms with van der Waals surface area (Å²) in [5.74, 6) is 0. The Bertz CT molecular complexity index is 15.5. The maximum absolute atomic E-state index is 8.72. The fourth-order valence-electron chi connectivity index (χ4n) is 0. The summed E-state index contributed by atoms with van der Waals surface area (Å²) in [6.07, 6.45) is 0. The Balaban J connectivity index is 0. The van der Waals surface area contributed by atoms with E-state index in [1.54, 1.807) is 0 Å². The van der Waals surface area contributed by atoms with Gasteiger partial charge < -0.3 is 4.46 Å². The van der Waals surface area contributed by atoms with Crippen LogP contribution in [0.5, 0.6) is 0 Å². The normalized spacial score (nSPS) is 3.25. The van der Waals surface area contributed by atoms with Gasteiger partial charge in [0.15, 0.2) is 0 Å². The second-order valence-electron chi connectivity index (χ2n) is 0.0772. The average Bonchev–Trinajstić information content (AvgIpc) is 0.918. The fraction of sp³-hybridized carbons (Fsp3) is 0. The van der Waals surface area contributed by atoms with E-state index in [-0.39, 0.29) is 29.6 Å². The summed E-state index contributed by atoms with van der Waals surface area (Å²) < 4.78 is 8.72. The van der Waals surface area contributed by atoms with Gasteiger partial charge in [-0.05, 0) is 0 Å². The molecule has 0 spiro atoms. The summed E-state index contributed by atoms with van der Waals surface area (Å²) in [4.78, 5) is 0. The van der Waals surface area contributed by atoms with Gasteiger partial charge in [0, 0.05) is 29.6 Å². The molecule has 0 saturated carbocycles. The van der Waals surface area contributed by atoms with Crippen molar-refractivity contribution in [3.05, 3.63) is 0 Å². The first kappa shape index (κ1) is 9.00. The molecule has 0 fully saturated rings. The summed E-state index contributed by atoms with van der Waals surface area (Å²) >= 11 is 4.47. The van der Waals surface area contributed by atoms with Crippen molar-refractivity contribution in [2.75, 3.05) is 0 Å². The zero-order chi connectivity index (χ0) is 2.71. The summed E-state index contributed by atoms with van der Waals surface area (Å²) in [5.41, 5.74) is 0.